The highest BCUT2D eigenvalue weighted by Gasteiger charge is 2.24. The zero-order valence-corrected chi connectivity index (χ0v) is 59.7. The van der Waals surface area contributed by atoms with Gasteiger partial charge in [-0.05, 0) is 128 Å². The number of carbonyl (C=O) groups excluding carboxylic acids is 4. The summed E-state index contributed by atoms with van der Waals surface area (Å²) in [4.78, 5) is 90.7. The van der Waals surface area contributed by atoms with E-state index >= 15 is 0 Å². The maximum Gasteiger partial charge on any atom is 0.238 e. The van der Waals surface area contributed by atoms with E-state index in [0.717, 1.165) is 158 Å². The predicted molar refractivity (Wildman–Crippen MR) is 402 cm³/mol. The fourth-order valence-corrected chi connectivity index (χ4v) is 16.7. The second kappa shape index (κ2) is 30.0. The fourth-order valence-electron chi connectivity index (χ4n) is 12.8. The van der Waals surface area contributed by atoms with Gasteiger partial charge in [0.25, 0.3) is 0 Å². The molecule has 3 aliphatic heterocycles. The Balaban J connectivity index is 0.000000134. The standard InChI is InChI=1S/C25H26N6O2S.C25H27N5OS.C23H24N6O3S2/c1-16(32)27-19-4-3-5-20(12-19)28-25-26-14-18-6-7-23-22(24(18)29-25)13-21(34-23)15-30-8-10-31(11-9-30)17(2)33;1-16-10-17(2)12-20(11-16)27-25-26-14-19-4-5-23-22(24(19)28-25)13-21(32-23)15-29-6-8-30(9-7-29)18(3)31;1-15(30)29-9-7-28(8-10-29)14-18-12-20-21(33-18)6-5-16-13-25-23(27-22(16)20)26-17-3-2-4-19(11-17)34(24,31)32/h3-7,12-14H,8-11,15H2,1-2H3,(H,27,32)(H,26,28,29);4-5,10-14H,6-9,15H2,1-3H3,(H,26,27,28);2-6,11-13H,7-10,14H2,1H3,(H2,24,31,32)(H,25,26,27). The van der Waals surface area contributed by atoms with Gasteiger partial charge in [0.1, 0.15) is 0 Å². The number of carbonyl (C=O) groups is 4. The quantitative estimate of drug-likeness (QED) is 0.0677. The number of primary sulfonamides is 1. The van der Waals surface area contributed by atoms with Crippen molar-refractivity contribution in [3.05, 3.63) is 166 Å². The van der Waals surface area contributed by atoms with Gasteiger partial charge < -0.3 is 36.0 Å². The Morgan fingerprint density at radius 3 is 1.14 bits per heavy atom. The van der Waals surface area contributed by atoms with Gasteiger partial charge in [0.05, 0.1) is 21.4 Å². The number of nitrogens with one attached hydrogen (secondary N) is 4. The molecule has 12 aromatic rings. The van der Waals surface area contributed by atoms with Crippen molar-refractivity contribution in [1.82, 2.24) is 59.3 Å². The van der Waals surface area contributed by atoms with Gasteiger partial charge in [-0.25, -0.2) is 43.5 Å². The summed E-state index contributed by atoms with van der Waals surface area (Å²) in [7, 11) is -3.80. The molecule has 27 heteroatoms. The maximum atomic E-state index is 11.6. The number of thiophene rings is 3. The van der Waals surface area contributed by atoms with Crippen molar-refractivity contribution in [3.63, 3.8) is 0 Å². The van der Waals surface area contributed by atoms with Crippen LogP contribution >= 0.6 is 34.0 Å². The first-order chi connectivity index (χ1) is 48.1. The molecule has 3 aliphatic rings. The van der Waals surface area contributed by atoms with E-state index in [1.165, 1.54) is 59.6 Å². The Labute approximate surface area is 591 Å². The number of aromatic nitrogens is 6. The van der Waals surface area contributed by atoms with E-state index in [9.17, 15) is 27.6 Å². The zero-order valence-electron chi connectivity index (χ0n) is 56.4. The number of sulfonamides is 1. The number of amides is 4. The summed E-state index contributed by atoms with van der Waals surface area (Å²) >= 11 is 5.35. The summed E-state index contributed by atoms with van der Waals surface area (Å²) in [6.45, 7) is 23.3. The molecule has 0 unspecified atom stereocenters. The van der Waals surface area contributed by atoms with E-state index < -0.39 is 10.0 Å². The SMILES string of the molecule is CC(=O)N1CCN(Cc2cc3c(ccc4cnc(Nc5cc(C)cc(C)c5)nc43)s2)CC1.CC(=O)N1CCN(Cc2cc3c(ccc4cnc(Nc5cccc(S(N)(=O)=O)c5)nc43)s2)CC1.CC(=O)Nc1cccc(Nc2ncc3ccc4sc(CN5CCN(C(C)=O)CC5)cc4c3n2)c1. The molecule has 4 amide bonds. The van der Waals surface area contributed by atoms with Crippen molar-refractivity contribution in [2.75, 3.05) is 99.8 Å². The fraction of sp³-hybridized carbons (Fsp3) is 0.288. The number of rotatable bonds is 14. The predicted octanol–water partition coefficient (Wildman–Crippen LogP) is 12.0. The largest absolute Gasteiger partial charge is 0.340 e. The molecular weight excluding hydrogens is 1340 g/mol. The van der Waals surface area contributed by atoms with Crippen LogP contribution in [0.3, 0.4) is 0 Å². The lowest BCUT2D eigenvalue weighted by Crippen LogP contribution is -2.47. The third-order valence-electron chi connectivity index (χ3n) is 17.8. The highest BCUT2D eigenvalue weighted by molar-refractivity contribution is 7.89. The monoisotopic (exact) mass is 1420 g/mol. The van der Waals surface area contributed by atoms with Crippen LogP contribution in [0.2, 0.25) is 0 Å². The molecule has 0 spiro atoms. The molecule has 6 N–H and O–H groups in total. The van der Waals surface area contributed by atoms with Crippen molar-refractivity contribution in [2.24, 2.45) is 5.14 Å². The average molecular weight is 1420 g/mol. The van der Waals surface area contributed by atoms with E-state index in [2.05, 4.69) is 131 Å². The second-order valence-corrected chi connectivity index (χ2v) is 30.5. The molecular formula is C73H77N17O6S4. The molecule has 514 valence electrons. The highest BCUT2D eigenvalue weighted by atomic mass is 32.2. The Kier molecular flexibility index (Phi) is 20.6. The van der Waals surface area contributed by atoms with Gasteiger partial charge in [-0.3, -0.25) is 33.9 Å². The van der Waals surface area contributed by atoms with Crippen LogP contribution in [-0.2, 0) is 48.8 Å². The first-order valence-corrected chi connectivity index (χ1v) is 37.0. The normalized spacial score (nSPS) is 14.8. The number of anilines is 7. The molecule has 0 atom stereocenters. The Morgan fingerprint density at radius 2 is 0.780 bits per heavy atom. The minimum absolute atomic E-state index is 0.0206. The summed E-state index contributed by atoms with van der Waals surface area (Å²) in [6, 6.07) is 39.3. The van der Waals surface area contributed by atoms with Crippen molar-refractivity contribution in [2.45, 2.75) is 66.1 Å². The third kappa shape index (κ3) is 16.8. The van der Waals surface area contributed by atoms with Gasteiger partial charge in [-0.2, -0.15) is 0 Å². The van der Waals surface area contributed by atoms with Gasteiger partial charge in [-0.15, -0.1) is 34.0 Å². The molecule has 3 fully saturated rings. The van der Waals surface area contributed by atoms with Crippen LogP contribution in [0, 0.1) is 13.8 Å². The van der Waals surface area contributed by atoms with Gasteiger partial charge in [0.15, 0.2) is 0 Å². The Bertz CT molecular complexity index is 5170. The molecule has 6 aromatic heterocycles. The molecule has 0 saturated carbocycles. The molecule has 3 saturated heterocycles. The number of benzene rings is 6. The molecule has 6 aromatic carbocycles. The first-order valence-electron chi connectivity index (χ1n) is 33.0. The van der Waals surface area contributed by atoms with Crippen LogP contribution in [-0.4, -0.2) is 170 Å². The van der Waals surface area contributed by atoms with E-state index in [1.807, 2.05) is 68.8 Å². The first kappa shape index (κ1) is 68.8. The average Bonchev–Trinajstić information content (AvgIpc) is 1.60. The Hall–Kier alpha value is -9.71. The minimum Gasteiger partial charge on any atom is -0.340 e. The van der Waals surface area contributed by atoms with E-state index in [-0.39, 0.29) is 28.5 Å². The topological polar surface area (TPSA) is 273 Å². The molecule has 15 rings (SSSR count). The Morgan fingerprint density at radius 1 is 0.430 bits per heavy atom. The smallest absolute Gasteiger partial charge is 0.238 e. The van der Waals surface area contributed by atoms with Crippen LogP contribution in [0.4, 0.5) is 40.6 Å². The van der Waals surface area contributed by atoms with Gasteiger partial charge in [0, 0.05) is 228 Å². The minimum atomic E-state index is -3.80. The number of hydrogen-bond acceptors (Lipinski definition) is 21. The van der Waals surface area contributed by atoms with E-state index in [4.69, 9.17) is 20.1 Å². The molecule has 23 nitrogen and oxygen atoms in total. The molecule has 0 radical (unpaired) electrons. The van der Waals surface area contributed by atoms with Crippen LogP contribution < -0.4 is 26.4 Å². The van der Waals surface area contributed by atoms with Gasteiger partial charge in [0.2, 0.25) is 51.5 Å². The summed E-state index contributed by atoms with van der Waals surface area (Å²) < 4.78 is 26.9. The number of nitrogens with zero attached hydrogens (tertiary/aromatic N) is 12. The number of piperazine rings is 3. The van der Waals surface area contributed by atoms with Gasteiger partial charge >= 0.3 is 0 Å². The lowest BCUT2D eigenvalue weighted by molar-refractivity contribution is -0.131. The van der Waals surface area contributed by atoms with Crippen LogP contribution in [0.1, 0.15) is 53.5 Å². The van der Waals surface area contributed by atoms with Crippen LogP contribution in [0.15, 0.2) is 145 Å². The van der Waals surface area contributed by atoms with Crippen molar-refractivity contribution >= 4 is 171 Å². The lowest BCUT2D eigenvalue weighted by Gasteiger charge is -2.33. The van der Waals surface area contributed by atoms with Crippen LogP contribution in [0.5, 0.6) is 0 Å². The van der Waals surface area contributed by atoms with Crippen molar-refractivity contribution in [1.29, 1.82) is 0 Å². The summed E-state index contributed by atoms with van der Waals surface area (Å²) in [5.41, 5.74) is 8.20. The summed E-state index contributed by atoms with van der Waals surface area (Å²) in [5, 5.41) is 24.0. The summed E-state index contributed by atoms with van der Waals surface area (Å²) in [5.74, 6) is 1.83. The van der Waals surface area contributed by atoms with Crippen molar-refractivity contribution < 1.29 is 27.6 Å². The molecule has 0 aliphatic carbocycles. The summed E-state index contributed by atoms with van der Waals surface area (Å²) in [6.07, 6.45) is 5.48. The third-order valence-corrected chi connectivity index (χ3v) is 22.0. The molecule has 0 bridgehead atoms. The number of nitrogens with two attached hydrogens (primary N) is 1. The molecule has 100 heavy (non-hydrogen) atoms. The number of fused-ring (bicyclic) bond motifs is 9. The lowest BCUT2D eigenvalue weighted by atomic mass is 10.1. The van der Waals surface area contributed by atoms with Gasteiger partial charge in [-0.1, -0.05) is 18.2 Å². The number of aryl methyl sites for hydroxylation is 2. The van der Waals surface area contributed by atoms with Crippen LogP contribution in [0.25, 0.3) is 63.0 Å². The number of hydrogen-bond donors (Lipinski definition) is 5. The zero-order chi connectivity index (χ0) is 69.8. The van der Waals surface area contributed by atoms with E-state index in [1.54, 1.807) is 61.8 Å². The molecule has 9 heterocycles. The van der Waals surface area contributed by atoms with Crippen molar-refractivity contribution in [3.8, 4) is 0 Å². The maximum absolute atomic E-state index is 11.6. The second-order valence-electron chi connectivity index (χ2n) is 25.4. The van der Waals surface area contributed by atoms with E-state index in [0.29, 0.717) is 29.2 Å². The highest BCUT2D eigenvalue weighted by Crippen LogP contribution is 2.36.